The van der Waals surface area contributed by atoms with Gasteiger partial charge in [0.1, 0.15) is 0 Å². The molecule has 0 spiro atoms. The highest BCUT2D eigenvalue weighted by molar-refractivity contribution is 6.01. The lowest BCUT2D eigenvalue weighted by atomic mass is 10.1. The second-order valence-electron chi connectivity index (χ2n) is 4.38. The molecule has 2 aromatic rings. The molecule has 1 amide bonds. The second kappa shape index (κ2) is 5.14. The van der Waals surface area contributed by atoms with Crippen molar-refractivity contribution in [2.45, 2.75) is 18.9 Å². The van der Waals surface area contributed by atoms with E-state index in [1.54, 1.807) is 6.20 Å². The van der Waals surface area contributed by atoms with Gasteiger partial charge in [0.2, 0.25) is 0 Å². The summed E-state index contributed by atoms with van der Waals surface area (Å²) in [5.41, 5.74) is 0.633. The monoisotopic (exact) mass is 262 g/mol. The van der Waals surface area contributed by atoms with Gasteiger partial charge in [-0.25, -0.2) is 0 Å². The highest BCUT2D eigenvalue weighted by atomic mass is 16.2. The average Bonchev–Trinajstić information content (AvgIpc) is 3.11. The van der Waals surface area contributed by atoms with E-state index < -0.39 is 5.91 Å². The first-order valence-electron chi connectivity index (χ1n) is 6.12. The van der Waals surface area contributed by atoms with E-state index in [1.165, 1.54) is 0 Å². The van der Waals surface area contributed by atoms with Crippen LogP contribution in [0.15, 0.2) is 12.4 Å². The number of hydrogen-bond acceptors (Lipinski definition) is 6. The Kier molecular flexibility index (Phi) is 3.19. The molecule has 2 aromatic heterocycles. The van der Waals surface area contributed by atoms with E-state index in [0.717, 1.165) is 25.9 Å². The fourth-order valence-corrected chi connectivity index (χ4v) is 2.12. The molecule has 0 aliphatic carbocycles. The maximum absolute atomic E-state index is 11.7. The van der Waals surface area contributed by atoms with Crippen LogP contribution in [0.3, 0.4) is 0 Å². The minimum absolute atomic E-state index is 0.00890. The Balaban J connectivity index is 1.66. The van der Waals surface area contributed by atoms with Crippen molar-refractivity contribution in [2.24, 2.45) is 0 Å². The zero-order chi connectivity index (χ0) is 13.1. The van der Waals surface area contributed by atoms with Gasteiger partial charge in [0, 0.05) is 6.20 Å². The molecule has 3 heterocycles. The van der Waals surface area contributed by atoms with Crippen molar-refractivity contribution in [1.29, 1.82) is 0 Å². The first kappa shape index (κ1) is 11.8. The number of amides is 1. The van der Waals surface area contributed by atoms with Crippen molar-refractivity contribution in [3.05, 3.63) is 18.2 Å². The standard InChI is InChI=1S/C10H14N8O/c19-10(9-14-16-17-15-9)13-7-5-12-18(6-7)8-1-3-11-4-2-8/h5-6,8,11H,1-4H2,(H,13,19)(H,14,15,16,17). The van der Waals surface area contributed by atoms with Gasteiger partial charge in [0.15, 0.2) is 0 Å². The maximum atomic E-state index is 11.7. The van der Waals surface area contributed by atoms with Crippen molar-refractivity contribution in [3.8, 4) is 0 Å². The quantitative estimate of drug-likeness (QED) is 0.692. The van der Waals surface area contributed by atoms with Gasteiger partial charge < -0.3 is 10.6 Å². The van der Waals surface area contributed by atoms with E-state index in [2.05, 4.69) is 36.4 Å². The first-order chi connectivity index (χ1) is 9.33. The largest absolute Gasteiger partial charge is 0.317 e. The molecule has 3 rings (SSSR count). The van der Waals surface area contributed by atoms with Crippen LogP contribution in [-0.2, 0) is 0 Å². The van der Waals surface area contributed by atoms with Gasteiger partial charge in [0.25, 0.3) is 11.7 Å². The third-order valence-corrected chi connectivity index (χ3v) is 3.09. The van der Waals surface area contributed by atoms with E-state index in [9.17, 15) is 4.79 Å². The van der Waals surface area contributed by atoms with Crippen LogP contribution in [0.5, 0.6) is 0 Å². The van der Waals surface area contributed by atoms with Crippen LogP contribution in [0.1, 0.15) is 29.5 Å². The van der Waals surface area contributed by atoms with Crippen LogP contribution in [0.2, 0.25) is 0 Å². The lowest BCUT2D eigenvalue weighted by Crippen LogP contribution is -2.29. The molecule has 1 aliphatic heterocycles. The molecule has 0 unspecified atom stereocenters. The number of rotatable bonds is 3. The number of aromatic nitrogens is 6. The molecule has 9 nitrogen and oxygen atoms in total. The van der Waals surface area contributed by atoms with Crippen molar-refractivity contribution in [1.82, 2.24) is 35.7 Å². The summed E-state index contributed by atoms with van der Waals surface area (Å²) in [6.45, 7) is 1.99. The number of piperidine rings is 1. The number of aromatic amines is 1. The van der Waals surface area contributed by atoms with Crippen LogP contribution >= 0.6 is 0 Å². The molecule has 0 bridgehead atoms. The fraction of sp³-hybridized carbons (Fsp3) is 0.500. The number of anilines is 1. The molecule has 9 heteroatoms. The molecule has 3 N–H and O–H groups in total. The predicted molar refractivity (Wildman–Crippen MR) is 65.5 cm³/mol. The molecule has 0 aromatic carbocycles. The van der Waals surface area contributed by atoms with E-state index in [0.29, 0.717) is 11.7 Å². The number of nitrogens with zero attached hydrogens (tertiary/aromatic N) is 5. The topological polar surface area (TPSA) is 113 Å². The van der Waals surface area contributed by atoms with Gasteiger partial charge in [-0.15, -0.1) is 10.2 Å². The molecule has 100 valence electrons. The zero-order valence-electron chi connectivity index (χ0n) is 10.2. The smallest absolute Gasteiger partial charge is 0.297 e. The molecule has 1 saturated heterocycles. The fourth-order valence-electron chi connectivity index (χ4n) is 2.12. The lowest BCUT2D eigenvalue weighted by molar-refractivity contribution is 0.101. The Labute approximate surface area is 108 Å². The van der Waals surface area contributed by atoms with Gasteiger partial charge in [-0.05, 0) is 31.1 Å². The molecule has 1 fully saturated rings. The Hall–Kier alpha value is -2.29. The third-order valence-electron chi connectivity index (χ3n) is 3.09. The van der Waals surface area contributed by atoms with E-state index in [-0.39, 0.29) is 5.82 Å². The van der Waals surface area contributed by atoms with Gasteiger partial charge in [-0.1, -0.05) is 0 Å². The van der Waals surface area contributed by atoms with Crippen LogP contribution in [0.4, 0.5) is 5.69 Å². The summed E-state index contributed by atoms with van der Waals surface area (Å²) in [6.07, 6.45) is 5.54. The lowest BCUT2D eigenvalue weighted by Gasteiger charge is -2.22. The Morgan fingerprint density at radius 1 is 1.42 bits per heavy atom. The van der Waals surface area contributed by atoms with Crippen LogP contribution < -0.4 is 10.6 Å². The van der Waals surface area contributed by atoms with Gasteiger partial charge in [-0.3, -0.25) is 9.48 Å². The second-order valence-corrected chi connectivity index (χ2v) is 4.38. The molecule has 1 aliphatic rings. The Morgan fingerprint density at radius 3 is 3.00 bits per heavy atom. The predicted octanol–water partition coefficient (Wildman–Crippen LogP) is -0.427. The summed E-state index contributed by atoms with van der Waals surface area (Å²) in [7, 11) is 0. The number of hydrogen-bond donors (Lipinski definition) is 3. The summed E-state index contributed by atoms with van der Waals surface area (Å²) in [6, 6.07) is 0.386. The number of carbonyl (C=O) groups excluding carboxylic acids is 1. The van der Waals surface area contributed by atoms with Crippen LogP contribution in [0, 0.1) is 0 Å². The van der Waals surface area contributed by atoms with Crippen molar-refractivity contribution >= 4 is 11.6 Å². The van der Waals surface area contributed by atoms with E-state index in [1.807, 2.05) is 10.9 Å². The molecule has 0 radical (unpaired) electrons. The minimum Gasteiger partial charge on any atom is -0.317 e. The van der Waals surface area contributed by atoms with Gasteiger partial charge >= 0.3 is 0 Å². The van der Waals surface area contributed by atoms with E-state index >= 15 is 0 Å². The number of H-pyrrole nitrogens is 1. The molecular formula is C10H14N8O. The number of nitrogens with one attached hydrogen (secondary N) is 3. The summed E-state index contributed by atoms with van der Waals surface area (Å²) < 4.78 is 1.90. The van der Waals surface area contributed by atoms with Crippen LogP contribution in [0.25, 0.3) is 0 Å². The molecule has 0 saturated carbocycles. The van der Waals surface area contributed by atoms with Crippen molar-refractivity contribution in [3.63, 3.8) is 0 Å². The highest BCUT2D eigenvalue weighted by Crippen LogP contribution is 2.19. The summed E-state index contributed by atoms with van der Waals surface area (Å²) in [5, 5.41) is 23.1. The third kappa shape index (κ3) is 2.60. The highest BCUT2D eigenvalue weighted by Gasteiger charge is 2.17. The zero-order valence-corrected chi connectivity index (χ0v) is 10.2. The van der Waals surface area contributed by atoms with E-state index in [4.69, 9.17) is 0 Å². The summed E-state index contributed by atoms with van der Waals surface area (Å²) in [4.78, 5) is 11.7. The number of carbonyl (C=O) groups is 1. The Bertz CT molecular complexity index is 542. The molecular weight excluding hydrogens is 248 g/mol. The molecule has 0 atom stereocenters. The SMILES string of the molecule is O=C(Nc1cnn(C2CCNCC2)c1)c1nn[nH]n1. The average molecular weight is 262 g/mol. The molecule has 19 heavy (non-hydrogen) atoms. The van der Waals surface area contributed by atoms with Crippen molar-refractivity contribution < 1.29 is 4.79 Å². The minimum atomic E-state index is -0.404. The summed E-state index contributed by atoms with van der Waals surface area (Å²) >= 11 is 0. The van der Waals surface area contributed by atoms with Gasteiger partial charge in [0.05, 0.1) is 17.9 Å². The summed E-state index contributed by atoms with van der Waals surface area (Å²) in [5.74, 6) is -0.395. The number of tetrazole rings is 1. The first-order valence-corrected chi connectivity index (χ1v) is 6.12. The Morgan fingerprint density at radius 2 is 2.26 bits per heavy atom. The maximum Gasteiger partial charge on any atom is 0.297 e. The van der Waals surface area contributed by atoms with Gasteiger partial charge in [-0.2, -0.15) is 10.3 Å². The van der Waals surface area contributed by atoms with Crippen molar-refractivity contribution in [2.75, 3.05) is 18.4 Å². The van der Waals surface area contributed by atoms with Crippen LogP contribution in [-0.4, -0.2) is 49.4 Å². The normalized spacial score (nSPS) is 16.4.